The molecule has 0 unspecified atom stereocenters. The molecule has 0 aromatic heterocycles. The van der Waals surface area contributed by atoms with Gasteiger partial charge in [0, 0.05) is 40.1 Å². The van der Waals surface area contributed by atoms with Gasteiger partial charge in [0.1, 0.15) is 11.5 Å². The molecule has 0 heterocycles. The van der Waals surface area contributed by atoms with E-state index in [0.717, 1.165) is 55.3 Å². The first-order chi connectivity index (χ1) is 25.6. The number of phenols is 2. The van der Waals surface area contributed by atoms with E-state index in [2.05, 4.69) is 24.3 Å². The monoisotopic (exact) mass is 670 g/mol. The van der Waals surface area contributed by atoms with Crippen molar-refractivity contribution in [1.29, 1.82) is 0 Å². The van der Waals surface area contributed by atoms with E-state index in [4.69, 9.17) is 9.98 Å². The van der Waals surface area contributed by atoms with Gasteiger partial charge in [-0.1, -0.05) is 146 Å². The van der Waals surface area contributed by atoms with Gasteiger partial charge in [-0.15, -0.1) is 0 Å². The van der Waals surface area contributed by atoms with Crippen molar-refractivity contribution in [1.82, 2.24) is 0 Å². The quantitative estimate of drug-likeness (QED) is 0.158. The number of aliphatic imine (C=N–C) groups is 2. The molecule has 0 bridgehead atoms. The van der Waals surface area contributed by atoms with Crippen LogP contribution in [0.4, 0.5) is 11.4 Å². The number of rotatable bonds is 8. The van der Waals surface area contributed by atoms with Gasteiger partial charge in [0.05, 0.1) is 11.4 Å². The molecule has 0 aliphatic carbocycles. The van der Waals surface area contributed by atoms with E-state index < -0.39 is 0 Å². The van der Waals surface area contributed by atoms with Crippen molar-refractivity contribution in [2.24, 2.45) is 9.98 Å². The van der Waals surface area contributed by atoms with Crippen molar-refractivity contribution >= 4 is 34.6 Å². The Balaban J connectivity index is 1.22. The van der Waals surface area contributed by atoms with E-state index in [-0.39, 0.29) is 11.5 Å². The largest absolute Gasteiger partial charge is 0.507 e. The van der Waals surface area contributed by atoms with E-state index in [1.165, 1.54) is 0 Å². The topological polar surface area (TPSA) is 65.2 Å². The second kappa shape index (κ2) is 14.4. The van der Waals surface area contributed by atoms with Crippen molar-refractivity contribution in [3.05, 3.63) is 193 Å². The van der Waals surface area contributed by atoms with Crippen LogP contribution >= 0.6 is 0 Å². The van der Waals surface area contributed by atoms with Crippen LogP contribution in [0.15, 0.2) is 192 Å². The zero-order valence-corrected chi connectivity index (χ0v) is 28.3. The maximum Gasteiger partial charge on any atom is 0.132 e. The highest BCUT2D eigenvalue weighted by molar-refractivity contribution is 6.05. The van der Waals surface area contributed by atoms with Gasteiger partial charge < -0.3 is 10.2 Å². The van der Waals surface area contributed by atoms with Crippen LogP contribution in [0, 0.1) is 0 Å². The van der Waals surface area contributed by atoms with Crippen LogP contribution in [-0.4, -0.2) is 22.6 Å². The Morgan fingerprint density at radius 2 is 0.712 bits per heavy atom. The van der Waals surface area contributed by atoms with Gasteiger partial charge in [0.25, 0.3) is 0 Å². The molecule has 8 aromatic carbocycles. The standard InChI is InChI=1S/C48H34N2O2/c51-47-40(27-38(33-15-5-1-6-16-33)29-42(47)35-19-9-3-10-20-35)31-49-44-25-13-23-37-24-14-26-45(46(37)44)50-32-41-28-39(34-17-7-2-8-18-34)30-43(48(41)52)36-21-11-4-12-22-36/h1-32,51-52H. The lowest BCUT2D eigenvalue weighted by Crippen LogP contribution is -1.91. The molecule has 52 heavy (non-hydrogen) atoms. The Morgan fingerprint density at radius 1 is 0.346 bits per heavy atom. The predicted octanol–water partition coefficient (Wildman–Crippen LogP) is 12.4. The fraction of sp³-hybridized carbons (Fsp3) is 0. The predicted molar refractivity (Wildman–Crippen MR) is 216 cm³/mol. The zero-order valence-electron chi connectivity index (χ0n) is 28.3. The number of nitrogens with zero attached hydrogens (tertiary/aromatic N) is 2. The first-order valence-corrected chi connectivity index (χ1v) is 17.2. The van der Waals surface area contributed by atoms with E-state index in [1.54, 1.807) is 12.4 Å². The minimum Gasteiger partial charge on any atom is -0.507 e. The molecule has 0 amide bonds. The molecule has 0 saturated heterocycles. The van der Waals surface area contributed by atoms with Gasteiger partial charge in [0.15, 0.2) is 0 Å². The fourth-order valence-corrected chi connectivity index (χ4v) is 6.58. The lowest BCUT2D eigenvalue weighted by molar-refractivity contribution is 0.476. The summed E-state index contributed by atoms with van der Waals surface area (Å²) in [6, 6.07) is 60.0. The number of hydrogen-bond acceptors (Lipinski definition) is 4. The highest BCUT2D eigenvalue weighted by atomic mass is 16.3. The van der Waals surface area contributed by atoms with Gasteiger partial charge in [-0.25, -0.2) is 0 Å². The summed E-state index contributed by atoms with van der Waals surface area (Å²) in [7, 11) is 0. The molecule has 0 fully saturated rings. The summed E-state index contributed by atoms with van der Waals surface area (Å²) in [4.78, 5) is 9.94. The second-order valence-corrected chi connectivity index (χ2v) is 12.6. The van der Waals surface area contributed by atoms with E-state index in [1.807, 2.05) is 158 Å². The first kappa shape index (κ1) is 32.2. The number of hydrogen-bond donors (Lipinski definition) is 2. The molecule has 0 atom stereocenters. The summed E-state index contributed by atoms with van der Waals surface area (Å²) in [5.41, 5.74) is 10.0. The molecule has 4 heteroatoms. The Labute approximate surface area is 303 Å². The molecule has 0 spiro atoms. The van der Waals surface area contributed by atoms with E-state index in [9.17, 15) is 10.2 Å². The molecule has 8 aromatic rings. The van der Waals surface area contributed by atoms with Crippen LogP contribution in [0.3, 0.4) is 0 Å². The van der Waals surface area contributed by atoms with Gasteiger partial charge in [-0.2, -0.15) is 0 Å². The maximum absolute atomic E-state index is 11.6. The van der Waals surface area contributed by atoms with E-state index >= 15 is 0 Å². The summed E-state index contributed by atoms with van der Waals surface area (Å²) >= 11 is 0. The average molecular weight is 671 g/mol. The normalized spacial score (nSPS) is 11.5. The van der Waals surface area contributed by atoms with Crippen molar-refractivity contribution in [2.75, 3.05) is 0 Å². The van der Waals surface area contributed by atoms with Gasteiger partial charge in [-0.05, 0) is 75.2 Å². The molecular formula is C48H34N2O2. The SMILES string of the molecule is Oc1c(C=Nc2cccc3cccc(N=Cc4cc(-c5ccccc5)cc(-c5ccccc5)c4O)c23)cc(-c2ccccc2)cc1-c1ccccc1. The van der Waals surface area contributed by atoms with Gasteiger partial charge in [0.2, 0.25) is 0 Å². The second-order valence-electron chi connectivity index (χ2n) is 12.6. The molecule has 0 radical (unpaired) electrons. The lowest BCUT2D eigenvalue weighted by atomic mass is 9.95. The summed E-state index contributed by atoms with van der Waals surface area (Å²) in [5, 5.41) is 25.0. The third kappa shape index (κ3) is 6.61. The van der Waals surface area contributed by atoms with Crippen molar-refractivity contribution in [3.63, 3.8) is 0 Å². The van der Waals surface area contributed by atoms with Crippen LogP contribution in [0.5, 0.6) is 11.5 Å². The highest BCUT2D eigenvalue weighted by Gasteiger charge is 2.15. The van der Waals surface area contributed by atoms with Crippen molar-refractivity contribution in [2.45, 2.75) is 0 Å². The summed E-state index contributed by atoms with van der Waals surface area (Å²) in [6.07, 6.45) is 3.45. The highest BCUT2D eigenvalue weighted by Crippen LogP contribution is 2.40. The molecule has 2 N–H and O–H groups in total. The Kier molecular flexibility index (Phi) is 8.94. The Hall–Kier alpha value is -7.04. The fourth-order valence-electron chi connectivity index (χ4n) is 6.58. The van der Waals surface area contributed by atoms with Gasteiger partial charge in [-0.3, -0.25) is 9.98 Å². The number of benzene rings is 8. The third-order valence-corrected chi connectivity index (χ3v) is 9.21. The van der Waals surface area contributed by atoms with Crippen LogP contribution in [0.1, 0.15) is 11.1 Å². The minimum absolute atomic E-state index is 0.163. The molecule has 248 valence electrons. The van der Waals surface area contributed by atoms with Crippen molar-refractivity contribution < 1.29 is 10.2 Å². The van der Waals surface area contributed by atoms with Crippen LogP contribution in [0.2, 0.25) is 0 Å². The smallest absolute Gasteiger partial charge is 0.132 e. The molecule has 0 saturated carbocycles. The zero-order chi connectivity index (χ0) is 35.3. The minimum atomic E-state index is 0.163. The summed E-state index contributed by atoms with van der Waals surface area (Å²) in [5.74, 6) is 0.326. The van der Waals surface area contributed by atoms with Crippen LogP contribution < -0.4 is 0 Å². The van der Waals surface area contributed by atoms with Crippen LogP contribution in [-0.2, 0) is 0 Å². The first-order valence-electron chi connectivity index (χ1n) is 17.2. The van der Waals surface area contributed by atoms with Crippen molar-refractivity contribution in [3.8, 4) is 56.0 Å². The van der Waals surface area contributed by atoms with Crippen LogP contribution in [0.25, 0.3) is 55.3 Å². The van der Waals surface area contributed by atoms with E-state index in [0.29, 0.717) is 22.5 Å². The Bertz CT molecular complexity index is 2390. The lowest BCUT2D eigenvalue weighted by Gasteiger charge is -2.12. The molecular weight excluding hydrogens is 637 g/mol. The number of fused-ring (bicyclic) bond motifs is 1. The number of phenolic OH excluding ortho intramolecular Hbond substituents is 2. The third-order valence-electron chi connectivity index (χ3n) is 9.21. The maximum atomic E-state index is 11.6. The molecule has 4 nitrogen and oxygen atoms in total. The Morgan fingerprint density at radius 3 is 1.10 bits per heavy atom. The molecule has 8 rings (SSSR count). The summed E-state index contributed by atoms with van der Waals surface area (Å²) < 4.78 is 0. The van der Waals surface area contributed by atoms with Gasteiger partial charge >= 0.3 is 0 Å². The molecule has 0 aliphatic heterocycles. The average Bonchev–Trinajstić information content (AvgIpc) is 3.21. The summed E-state index contributed by atoms with van der Waals surface area (Å²) in [6.45, 7) is 0. The number of aromatic hydroxyl groups is 2. The molecule has 0 aliphatic rings.